The number of hydrogen-bond acceptors (Lipinski definition) is 3. The molecule has 0 aromatic carbocycles. The fourth-order valence-corrected chi connectivity index (χ4v) is 1.65. The van der Waals surface area contributed by atoms with E-state index in [9.17, 15) is 4.79 Å². The van der Waals surface area contributed by atoms with E-state index in [0.717, 1.165) is 5.82 Å². The topological polar surface area (TPSA) is 66.0 Å². The van der Waals surface area contributed by atoms with Crippen LogP contribution in [-0.2, 0) is 6.54 Å². The smallest absolute Gasteiger partial charge is 0.316 e. The van der Waals surface area contributed by atoms with Gasteiger partial charge >= 0.3 is 6.03 Å². The van der Waals surface area contributed by atoms with E-state index in [-0.39, 0.29) is 6.03 Å². The monoisotopic (exact) mass is 257 g/mol. The second-order valence-electron chi connectivity index (χ2n) is 4.32. The highest BCUT2D eigenvalue weighted by molar-refractivity contribution is 7.71. The summed E-state index contributed by atoms with van der Waals surface area (Å²) in [7, 11) is 3.41. The summed E-state index contributed by atoms with van der Waals surface area (Å²) in [5, 5.41) is 9.73. The zero-order chi connectivity index (χ0) is 13.0. The van der Waals surface area contributed by atoms with Gasteiger partial charge in [0, 0.05) is 33.1 Å². The Morgan fingerprint density at radius 1 is 1.59 bits per heavy atom. The number of carbonyl (C=O) groups is 1. The number of carbonyl (C=O) groups excluding carboxylic acids is 1. The predicted octanol–water partition coefficient (Wildman–Crippen LogP) is 1.34. The van der Waals surface area contributed by atoms with Crippen LogP contribution in [0.2, 0.25) is 0 Å². The lowest BCUT2D eigenvalue weighted by Gasteiger charge is -2.13. The Labute approximate surface area is 106 Å². The lowest BCUT2D eigenvalue weighted by atomic mass is 10.2. The molecule has 1 aromatic heterocycles. The van der Waals surface area contributed by atoms with E-state index in [1.54, 1.807) is 14.1 Å². The number of aromatic nitrogens is 3. The minimum absolute atomic E-state index is 0.105. The molecule has 0 saturated carbocycles. The van der Waals surface area contributed by atoms with Gasteiger partial charge in [0.25, 0.3) is 0 Å². The summed E-state index contributed by atoms with van der Waals surface area (Å²) in [6.07, 6.45) is 0. The Morgan fingerprint density at radius 3 is 2.76 bits per heavy atom. The highest BCUT2D eigenvalue weighted by atomic mass is 32.1. The second kappa shape index (κ2) is 5.81. The Bertz CT molecular complexity index is 434. The van der Waals surface area contributed by atoms with E-state index in [1.807, 2.05) is 4.57 Å². The lowest BCUT2D eigenvalue weighted by molar-refractivity contribution is 0.217. The zero-order valence-electron chi connectivity index (χ0n) is 10.6. The molecule has 0 aliphatic rings. The number of H-pyrrole nitrogens is 1. The van der Waals surface area contributed by atoms with Crippen molar-refractivity contribution in [2.24, 2.45) is 0 Å². The van der Waals surface area contributed by atoms with Crippen LogP contribution in [0, 0.1) is 4.77 Å². The minimum atomic E-state index is -0.105. The molecular weight excluding hydrogens is 238 g/mol. The van der Waals surface area contributed by atoms with E-state index >= 15 is 0 Å². The van der Waals surface area contributed by atoms with Crippen molar-refractivity contribution in [1.82, 2.24) is 25.0 Å². The van der Waals surface area contributed by atoms with E-state index in [0.29, 0.717) is 23.8 Å². The van der Waals surface area contributed by atoms with Crippen LogP contribution in [0.3, 0.4) is 0 Å². The third-order valence-corrected chi connectivity index (χ3v) is 2.63. The first-order valence-corrected chi connectivity index (χ1v) is 5.94. The number of rotatable bonds is 4. The Kier molecular flexibility index (Phi) is 4.68. The molecule has 0 radical (unpaired) electrons. The first-order valence-electron chi connectivity index (χ1n) is 5.53. The van der Waals surface area contributed by atoms with Gasteiger partial charge in [-0.25, -0.2) is 4.79 Å². The van der Waals surface area contributed by atoms with E-state index in [2.05, 4.69) is 29.4 Å². The average molecular weight is 257 g/mol. The number of nitrogens with zero attached hydrogens (tertiary/aromatic N) is 3. The maximum atomic E-state index is 11.3. The molecule has 96 valence electrons. The molecular formula is C10H19N5OS. The molecule has 0 aliphatic heterocycles. The maximum absolute atomic E-state index is 11.3. The molecule has 1 rings (SSSR count). The fourth-order valence-electron chi connectivity index (χ4n) is 1.42. The number of aromatic amines is 1. The molecule has 0 unspecified atom stereocenters. The van der Waals surface area contributed by atoms with Crippen molar-refractivity contribution < 1.29 is 4.79 Å². The molecule has 0 bridgehead atoms. The van der Waals surface area contributed by atoms with Gasteiger partial charge in [-0.15, -0.1) is 0 Å². The molecule has 0 aliphatic carbocycles. The summed E-state index contributed by atoms with van der Waals surface area (Å²) in [6.45, 7) is 5.27. The number of nitrogens with one attached hydrogen (secondary N) is 2. The Balaban J connectivity index is 2.60. The van der Waals surface area contributed by atoms with Gasteiger partial charge in [-0.05, 0) is 12.2 Å². The van der Waals surface area contributed by atoms with Crippen LogP contribution in [0.1, 0.15) is 25.6 Å². The Morgan fingerprint density at radius 2 is 2.24 bits per heavy atom. The largest absolute Gasteiger partial charge is 0.336 e. The first-order chi connectivity index (χ1) is 7.93. The van der Waals surface area contributed by atoms with Crippen molar-refractivity contribution in [3.05, 3.63) is 10.6 Å². The van der Waals surface area contributed by atoms with Gasteiger partial charge in [-0.3, -0.25) is 5.10 Å². The molecule has 0 spiro atoms. The number of amides is 2. The van der Waals surface area contributed by atoms with Gasteiger partial charge in [0.1, 0.15) is 5.82 Å². The van der Waals surface area contributed by atoms with E-state index in [1.165, 1.54) is 4.90 Å². The molecule has 0 atom stereocenters. The second-order valence-corrected chi connectivity index (χ2v) is 4.71. The summed E-state index contributed by atoms with van der Waals surface area (Å²) in [6, 6.07) is -0.105. The summed E-state index contributed by atoms with van der Waals surface area (Å²) in [4.78, 5) is 12.8. The quantitative estimate of drug-likeness (QED) is 0.800. The third kappa shape index (κ3) is 3.55. The summed E-state index contributed by atoms with van der Waals surface area (Å²) in [5.74, 6) is 1.21. The molecule has 1 aromatic rings. The molecule has 1 heterocycles. The van der Waals surface area contributed by atoms with Gasteiger partial charge in [-0.1, -0.05) is 13.8 Å². The molecule has 0 saturated heterocycles. The fraction of sp³-hybridized carbons (Fsp3) is 0.700. The number of urea groups is 1. The van der Waals surface area contributed by atoms with E-state index in [4.69, 9.17) is 12.2 Å². The third-order valence-electron chi connectivity index (χ3n) is 2.32. The van der Waals surface area contributed by atoms with Crippen molar-refractivity contribution in [2.45, 2.75) is 26.3 Å². The van der Waals surface area contributed by atoms with Gasteiger partial charge in [0.15, 0.2) is 4.77 Å². The predicted molar refractivity (Wildman–Crippen MR) is 68.6 cm³/mol. The molecule has 7 heteroatoms. The SMILES string of the molecule is CC(C)c1n[nH]c(=S)n1CCNC(=O)N(C)C. The highest BCUT2D eigenvalue weighted by Gasteiger charge is 2.10. The molecule has 2 amide bonds. The summed E-state index contributed by atoms with van der Waals surface area (Å²) < 4.78 is 2.50. The lowest BCUT2D eigenvalue weighted by Crippen LogP contribution is -2.36. The average Bonchev–Trinajstić information content (AvgIpc) is 2.60. The van der Waals surface area contributed by atoms with Gasteiger partial charge in [0.05, 0.1) is 0 Å². The van der Waals surface area contributed by atoms with Crippen molar-refractivity contribution in [2.75, 3.05) is 20.6 Å². The van der Waals surface area contributed by atoms with Gasteiger partial charge in [0.2, 0.25) is 0 Å². The number of hydrogen-bond donors (Lipinski definition) is 2. The first kappa shape index (κ1) is 13.7. The van der Waals surface area contributed by atoms with Crippen LogP contribution in [0.15, 0.2) is 0 Å². The van der Waals surface area contributed by atoms with Gasteiger partial charge in [-0.2, -0.15) is 5.10 Å². The minimum Gasteiger partial charge on any atom is -0.336 e. The van der Waals surface area contributed by atoms with Crippen LogP contribution in [-0.4, -0.2) is 46.3 Å². The molecule has 0 fully saturated rings. The van der Waals surface area contributed by atoms with Gasteiger partial charge < -0.3 is 14.8 Å². The van der Waals surface area contributed by atoms with Crippen LogP contribution in [0.4, 0.5) is 4.79 Å². The molecule has 17 heavy (non-hydrogen) atoms. The summed E-state index contributed by atoms with van der Waals surface area (Å²) in [5.41, 5.74) is 0. The Hall–Kier alpha value is -1.37. The maximum Gasteiger partial charge on any atom is 0.316 e. The molecule has 6 nitrogen and oxygen atoms in total. The van der Waals surface area contributed by atoms with Crippen LogP contribution in [0.25, 0.3) is 0 Å². The van der Waals surface area contributed by atoms with E-state index < -0.39 is 0 Å². The van der Waals surface area contributed by atoms with Crippen molar-refractivity contribution >= 4 is 18.2 Å². The highest BCUT2D eigenvalue weighted by Crippen LogP contribution is 2.10. The van der Waals surface area contributed by atoms with Crippen LogP contribution in [0.5, 0.6) is 0 Å². The standard InChI is InChI=1S/C10H19N5OS/c1-7(2)8-12-13-10(17)15(8)6-5-11-9(16)14(3)4/h7H,5-6H2,1-4H3,(H,11,16)(H,13,17). The van der Waals surface area contributed by atoms with Crippen molar-refractivity contribution in [1.29, 1.82) is 0 Å². The normalized spacial score (nSPS) is 10.6. The molecule has 2 N–H and O–H groups in total. The zero-order valence-corrected chi connectivity index (χ0v) is 11.5. The van der Waals surface area contributed by atoms with Crippen molar-refractivity contribution in [3.8, 4) is 0 Å². The van der Waals surface area contributed by atoms with Crippen LogP contribution < -0.4 is 5.32 Å². The van der Waals surface area contributed by atoms with Crippen molar-refractivity contribution in [3.63, 3.8) is 0 Å². The summed E-state index contributed by atoms with van der Waals surface area (Å²) >= 11 is 5.14. The van der Waals surface area contributed by atoms with Crippen LogP contribution >= 0.6 is 12.2 Å².